The number of rotatable bonds is 6. The van der Waals surface area contributed by atoms with Gasteiger partial charge in [0.05, 0.1) is 0 Å². The van der Waals surface area contributed by atoms with Gasteiger partial charge in [-0.3, -0.25) is 0 Å². The van der Waals surface area contributed by atoms with Crippen molar-refractivity contribution in [2.45, 2.75) is 18.5 Å². The van der Waals surface area contributed by atoms with Crippen molar-refractivity contribution >= 4 is 0 Å². The molecule has 0 fully saturated rings. The van der Waals surface area contributed by atoms with Crippen molar-refractivity contribution in [1.29, 1.82) is 0 Å². The van der Waals surface area contributed by atoms with E-state index in [9.17, 15) is 39.5 Å². The van der Waals surface area contributed by atoms with E-state index in [-0.39, 0.29) is 34.2 Å². The SMILES string of the molecule is FC(F)(F)c1cc(-c2ccccn2)[n]([Ir]([n]2nc(C(F)(F)F)cc2-c2ccccn2)[n]2nc(C(F)(F)F)cc2-c2ccccn2)n1. The van der Waals surface area contributed by atoms with Gasteiger partial charge in [-0.1, -0.05) is 0 Å². The van der Waals surface area contributed by atoms with Crippen LogP contribution in [0.2, 0.25) is 0 Å². The summed E-state index contributed by atoms with van der Waals surface area (Å²) in [6.45, 7) is 0. The molecule has 0 atom stereocenters. The van der Waals surface area contributed by atoms with E-state index in [0.29, 0.717) is 18.2 Å². The molecule has 0 aliphatic carbocycles. The molecule has 0 spiro atoms. The molecule has 46 heavy (non-hydrogen) atoms. The number of halogens is 9. The van der Waals surface area contributed by atoms with Gasteiger partial charge in [0.25, 0.3) is 0 Å². The van der Waals surface area contributed by atoms with Gasteiger partial charge < -0.3 is 0 Å². The Balaban J connectivity index is 1.75. The monoisotopic (exact) mass is 829 g/mol. The molecule has 19 heteroatoms. The summed E-state index contributed by atoms with van der Waals surface area (Å²) in [5.74, 6) is 0. The normalized spacial score (nSPS) is 12.8. The zero-order valence-corrected chi connectivity index (χ0v) is 24.8. The van der Waals surface area contributed by atoms with Gasteiger partial charge in [-0.05, 0) is 0 Å². The molecule has 0 aromatic carbocycles. The molecular formula is C27H15F9IrN9. The maximum absolute atomic E-state index is 14.1. The number of hydrogen-bond donors (Lipinski definition) is 0. The van der Waals surface area contributed by atoms with Gasteiger partial charge in [0, 0.05) is 0 Å². The fourth-order valence-electron chi connectivity index (χ4n) is 3.99. The van der Waals surface area contributed by atoms with Crippen molar-refractivity contribution < 1.29 is 56.7 Å². The molecule has 0 radical (unpaired) electrons. The molecule has 6 heterocycles. The third-order valence-corrected chi connectivity index (χ3v) is 11.2. The first kappa shape index (κ1) is 31.1. The van der Waals surface area contributed by atoms with Crippen molar-refractivity contribution in [3.63, 3.8) is 0 Å². The van der Waals surface area contributed by atoms with E-state index < -0.39 is 52.8 Å². The van der Waals surface area contributed by atoms with Gasteiger partial charge in [0.2, 0.25) is 0 Å². The zero-order valence-electron chi connectivity index (χ0n) is 22.4. The van der Waals surface area contributed by atoms with Crippen molar-refractivity contribution in [1.82, 2.24) is 40.3 Å². The van der Waals surface area contributed by atoms with Crippen molar-refractivity contribution in [2.75, 3.05) is 0 Å². The van der Waals surface area contributed by atoms with E-state index in [1.54, 1.807) is 0 Å². The number of pyridine rings is 3. The summed E-state index contributed by atoms with van der Waals surface area (Å²) in [5, 5.41) is 11.2. The second kappa shape index (κ2) is 11.5. The molecule has 0 N–H and O–H groups in total. The molecule has 0 bridgehead atoms. The molecule has 9 nitrogen and oxygen atoms in total. The third-order valence-electron chi connectivity index (χ3n) is 5.99. The van der Waals surface area contributed by atoms with Crippen LogP contribution in [-0.4, -0.2) is 40.3 Å². The quantitative estimate of drug-likeness (QED) is 0.171. The molecule has 6 rings (SSSR count). The van der Waals surface area contributed by atoms with Crippen LogP contribution >= 0.6 is 0 Å². The molecule has 6 aromatic heterocycles. The Morgan fingerprint density at radius 1 is 0.435 bits per heavy atom. The van der Waals surface area contributed by atoms with E-state index in [4.69, 9.17) is 0 Å². The summed E-state index contributed by atoms with van der Waals surface area (Å²) < 4.78 is 129. The van der Waals surface area contributed by atoms with E-state index in [1.165, 1.54) is 73.2 Å². The second-order valence-electron chi connectivity index (χ2n) is 9.11. The molecule has 0 unspecified atom stereocenters. The van der Waals surface area contributed by atoms with E-state index in [2.05, 4.69) is 30.2 Å². The van der Waals surface area contributed by atoms with Crippen molar-refractivity contribution in [2.24, 2.45) is 0 Å². The summed E-state index contributed by atoms with van der Waals surface area (Å²) in [6.07, 6.45) is -11.4. The Morgan fingerprint density at radius 3 is 0.935 bits per heavy atom. The van der Waals surface area contributed by atoms with Gasteiger partial charge in [0.15, 0.2) is 0 Å². The Bertz CT molecular complexity index is 1740. The fourth-order valence-corrected chi connectivity index (χ4v) is 9.53. The Morgan fingerprint density at radius 2 is 0.717 bits per heavy atom. The number of nitrogens with zero attached hydrogens (tertiary/aromatic N) is 9. The second-order valence-corrected chi connectivity index (χ2v) is 13.6. The van der Waals surface area contributed by atoms with E-state index >= 15 is 0 Å². The van der Waals surface area contributed by atoms with Crippen molar-refractivity contribution in [3.05, 3.63) is 108 Å². The Hall–Kier alpha value is -4.90. The van der Waals surface area contributed by atoms with Crippen LogP contribution < -0.4 is 0 Å². The first-order valence-corrected chi connectivity index (χ1v) is 15.8. The molecule has 6 aromatic rings. The summed E-state index contributed by atoms with van der Waals surface area (Å²) >= 11 is -4.72. The van der Waals surface area contributed by atoms with Gasteiger partial charge >= 0.3 is 258 Å². The van der Waals surface area contributed by atoms with Gasteiger partial charge in [-0.25, -0.2) is 0 Å². The van der Waals surface area contributed by atoms with Gasteiger partial charge in [0.1, 0.15) is 0 Å². The van der Waals surface area contributed by atoms with Crippen LogP contribution in [0.3, 0.4) is 0 Å². The first-order valence-electron chi connectivity index (χ1n) is 12.6. The molecular weight excluding hydrogens is 814 g/mol. The molecule has 0 saturated carbocycles. The third kappa shape index (κ3) is 6.02. The van der Waals surface area contributed by atoms with Gasteiger partial charge in [-0.2, -0.15) is 0 Å². The summed E-state index contributed by atoms with van der Waals surface area (Å²) in [5.41, 5.74) is -5.75. The molecule has 0 aliphatic heterocycles. The van der Waals surface area contributed by atoms with Crippen LogP contribution in [0.1, 0.15) is 17.1 Å². The average molecular weight is 829 g/mol. The van der Waals surface area contributed by atoms with Crippen LogP contribution in [-0.2, 0) is 35.7 Å². The predicted octanol–water partition coefficient (Wildman–Crippen LogP) is 6.83. The van der Waals surface area contributed by atoms with E-state index in [0.717, 1.165) is 10.1 Å². The summed E-state index contributed by atoms with van der Waals surface area (Å²) in [6, 6.07) is 14.5. The van der Waals surface area contributed by atoms with Crippen LogP contribution in [0.4, 0.5) is 39.5 Å². The molecule has 0 aliphatic rings. The minimum atomic E-state index is -5.06. The predicted molar refractivity (Wildman–Crippen MR) is 138 cm³/mol. The Labute approximate surface area is 258 Å². The zero-order chi connectivity index (χ0) is 32.9. The fraction of sp³-hybridized carbons (Fsp3) is 0.111. The number of alkyl halides is 9. The van der Waals surface area contributed by atoms with Crippen LogP contribution in [0.5, 0.6) is 0 Å². The van der Waals surface area contributed by atoms with Crippen molar-refractivity contribution in [3.8, 4) is 34.2 Å². The Kier molecular flexibility index (Phi) is 7.76. The number of aromatic nitrogens is 9. The minimum absolute atomic E-state index is 0.0966. The van der Waals surface area contributed by atoms with Crippen LogP contribution in [0.15, 0.2) is 91.4 Å². The van der Waals surface area contributed by atoms with Gasteiger partial charge in [-0.15, -0.1) is 0 Å². The van der Waals surface area contributed by atoms with Crippen LogP contribution in [0.25, 0.3) is 34.2 Å². The molecule has 0 amide bonds. The standard InChI is InChI=1S/3C9H5F3N3.Ir/c3*10-9(11,12)8-5-7(14-15-8)6-3-1-2-4-13-6;/h3*1-5H;/q3*-1;+3. The maximum atomic E-state index is 14.1. The number of hydrogen-bond acceptors (Lipinski definition) is 6. The summed E-state index contributed by atoms with van der Waals surface area (Å²) in [7, 11) is 0. The summed E-state index contributed by atoms with van der Waals surface area (Å²) in [4.78, 5) is 12.2. The molecule has 0 saturated heterocycles. The topological polar surface area (TPSA) is 92.1 Å². The van der Waals surface area contributed by atoms with Crippen LogP contribution in [0, 0.1) is 0 Å². The van der Waals surface area contributed by atoms with E-state index in [1.807, 2.05) is 0 Å². The average Bonchev–Trinajstić information content (AvgIpc) is 3.77. The first-order chi connectivity index (χ1) is 21.7. The molecule has 240 valence electrons.